The molecule has 1 heterocycles. The maximum absolute atomic E-state index is 12.4. The van der Waals surface area contributed by atoms with Gasteiger partial charge in [-0.25, -0.2) is 0 Å². The number of likely N-dealkylation sites (tertiary alicyclic amines) is 1. The predicted molar refractivity (Wildman–Crippen MR) is 83.5 cm³/mol. The van der Waals surface area contributed by atoms with Crippen molar-refractivity contribution in [3.05, 3.63) is 23.8 Å². The Morgan fingerprint density at radius 1 is 1.38 bits per heavy atom. The van der Waals surface area contributed by atoms with Gasteiger partial charge in [0.15, 0.2) is 11.5 Å². The summed E-state index contributed by atoms with van der Waals surface area (Å²) in [6.45, 7) is 1.54. The number of hydrogen-bond acceptors (Lipinski definition) is 5. The fourth-order valence-electron chi connectivity index (χ4n) is 2.43. The number of carbonyl (C=O) groups excluding carboxylic acids is 1. The number of nitrogens with zero attached hydrogens (tertiary/aromatic N) is 1. The van der Waals surface area contributed by atoms with Crippen molar-refractivity contribution in [1.29, 1.82) is 0 Å². The van der Waals surface area contributed by atoms with Crippen LogP contribution >= 0.6 is 12.2 Å². The molecular weight excluding hydrogens is 290 g/mol. The number of benzene rings is 1. The number of hydrogen-bond donors (Lipinski definition) is 4. The van der Waals surface area contributed by atoms with E-state index in [9.17, 15) is 15.0 Å². The molecule has 0 saturated carbocycles. The van der Waals surface area contributed by atoms with Gasteiger partial charge in [0.2, 0.25) is 0 Å². The van der Waals surface area contributed by atoms with Crippen molar-refractivity contribution in [2.24, 2.45) is 5.73 Å². The van der Waals surface area contributed by atoms with Crippen molar-refractivity contribution < 1.29 is 15.0 Å². The van der Waals surface area contributed by atoms with Gasteiger partial charge in [-0.15, -0.1) is 0 Å². The van der Waals surface area contributed by atoms with E-state index in [-0.39, 0.29) is 16.3 Å². The lowest BCUT2D eigenvalue weighted by atomic mass is 9.87. The summed E-state index contributed by atoms with van der Waals surface area (Å²) in [7, 11) is 1.99. The fourth-order valence-corrected chi connectivity index (χ4v) is 2.69. The molecule has 1 amide bonds. The molecule has 1 aliphatic heterocycles. The molecule has 5 N–H and O–H groups in total. The monoisotopic (exact) mass is 309 g/mol. The van der Waals surface area contributed by atoms with E-state index in [1.807, 2.05) is 7.05 Å². The minimum atomic E-state index is -0.753. The topological polar surface area (TPSA) is 98.8 Å². The molecule has 1 aromatic carbocycles. The molecule has 1 saturated heterocycles. The van der Waals surface area contributed by atoms with Gasteiger partial charge in [0.05, 0.1) is 16.1 Å². The number of rotatable bonds is 3. The third-order valence-corrected chi connectivity index (χ3v) is 4.32. The molecule has 0 aromatic heterocycles. The van der Waals surface area contributed by atoms with E-state index < -0.39 is 17.2 Å². The Bertz CT molecular complexity index is 569. The van der Waals surface area contributed by atoms with Gasteiger partial charge in [-0.3, -0.25) is 4.79 Å². The van der Waals surface area contributed by atoms with Crippen molar-refractivity contribution in [2.45, 2.75) is 18.4 Å². The van der Waals surface area contributed by atoms with Gasteiger partial charge in [0.25, 0.3) is 5.91 Å². The van der Waals surface area contributed by atoms with Crippen molar-refractivity contribution in [3.63, 3.8) is 0 Å². The Balaban J connectivity index is 2.23. The van der Waals surface area contributed by atoms with Crippen molar-refractivity contribution in [3.8, 4) is 11.5 Å². The van der Waals surface area contributed by atoms with Crippen molar-refractivity contribution in [1.82, 2.24) is 10.2 Å². The summed E-state index contributed by atoms with van der Waals surface area (Å²) in [4.78, 5) is 14.7. The largest absolute Gasteiger partial charge is 0.504 e. The van der Waals surface area contributed by atoms with Crippen LogP contribution in [0.1, 0.15) is 23.2 Å². The average molecular weight is 309 g/mol. The molecule has 0 atom stereocenters. The molecule has 6 nitrogen and oxygen atoms in total. The number of thiocarbonyl (C=S) groups is 1. The molecule has 1 fully saturated rings. The molecule has 1 aliphatic rings. The summed E-state index contributed by atoms with van der Waals surface area (Å²) in [5, 5.41) is 22.1. The van der Waals surface area contributed by atoms with Crippen LogP contribution in [0.5, 0.6) is 11.5 Å². The summed E-state index contributed by atoms with van der Waals surface area (Å²) < 4.78 is 0. The van der Waals surface area contributed by atoms with Crippen molar-refractivity contribution in [2.75, 3.05) is 20.1 Å². The average Bonchev–Trinajstić information content (AvgIpc) is 2.44. The maximum atomic E-state index is 12.4. The van der Waals surface area contributed by atoms with Gasteiger partial charge in [0, 0.05) is 13.1 Å². The number of phenols is 2. The lowest BCUT2D eigenvalue weighted by molar-refractivity contribution is 0.0887. The minimum absolute atomic E-state index is 0.00422. The van der Waals surface area contributed by atoms with Crippen LogP contribution in [0.15, 0.2) is 18.2 Å². The molecule has 7 heteroatoms. The van der Waals surface area contributed by atoms with Crippen LogP contribution in [0.4, 0.5) is 0 Å². The smallest absolute Gasteiger partial charge is 0.255 e. The van der Waals surface area contributed by atoms with Gasteiger partial charge in [-0.2, -0.15) is 0 Å². The van der Waals surface area contributed by atoms with E-state index >= 15 is 0 Å². The Labute approximate surface area is 128 Å². The van der Waals surface area contributed by atoms with Gasteiger partial charge >= 0.3 is 0 Å². The summed E-state index contributed by atoms with van der Waals surface area (Å²) in [5.41, 5.74) is 5.08. The number of aromatic hydroxyl groups is 2. The number of para-hydroxylation sites is 1. The molecule has 0 bridgehead atoms. The first-order valence-electron chi connectivity index (χ1n) is 6.67. The lowest BCUT2D eigenvalue weighted by Crippen LogP contribution is -2.61. The lowest BCUT2D eigenvalue weighted by Gasteiger charge is -2.40. The molecule has 21 heavy (non-hydrogen) atoms. The Hall–Kier alpha value is -1.86. The quantitative estimate of drug-likeness (QED) is 0.481. The number of nitrogens with one attached hydrogen (secondary N) is 1. The molecule has 0 aliphatic carbocycles. The highest BCUT2D eigenvalue weighted by Crippen LogP contribution is 2.29. The molecule has 1 aromatic rings. The first kappa shape index (κ1) is 15.5. The Kier molecular flexibility index (Phi) is 4.34. The second-order valence-corrected chi connectivity index (χ2v) is 5.82. The van der Waals surface area contributed by atoms with E-state index in [1.54, 1.807) is 0 Å². The number of phenolic OH excluding ortho intramolecular Hbond substituents is 2. The number of amides is 1. The van der Waals surface area contributed by atoms with E-state index in [2.05, 4.69) is 10.2 Å². The third-order valence-electron chi connectivity index (χ3n) is 3.92. The van der Waals surface area contributed by atoms with E-state index in [4.69, 9.17) is 18.0 Å². The first-order valence-corrected chi connectivity index (χ1v) is 7.08. The maximum Gasteiger partial charge on any atom is 0.255 e. The van der Waals surface area contributed by atoms with Crippen LogP contribution in [-0.2, 0) is 0 Å². The normalized spacial score (nSPS) is 18.1. The number of carbonyl (C=O) groups is 1. The van der Waals surface area contributed by atoms with Gasteiger partial charge in [-0.05, 0) is 32.0 Å². The second kappa shape index (κ2) is 5.87. The molecule has 0 radical (unpaired) electrons. The number of nitrogens with two attached hydrogens (primary N) is 1. The first-order chi connectivity index (χ1) is 9.85. The second-order valence-electron chi connectivity index (χ2n) is 5.38. The van der Waals surface area contributed by atoms with Crippen LogP contribution in [0.2, 0.25) is 0 Å². The minimum Gasteiger partial charge on any atom is -0.504 e. The molecule has 2 rings (SSSR count). The van der Waals surface area contributed by atoms with Crippen LogP contribution in [0.25, 0.3) is 0 Å². The van der Waals surface area contributed by atoms with Gasteiger partial charge < -0.3 is 26.2 Å². The highest BCUT2D eigenvalue weighted by molar-refractivity contribution is 7.80. The SMILES string of the molecule is CN1CCC(NC(=O)c2cccc(O)c2O)(C(N)=S)CC1. The molecule has 114 valence electrons. The summed E-state index contributed by atoms with van der Waals surface area (Å²) in [5.74, 6) is -1.28. The standard InChI is InChI=1S/C14H19N3O3S/c1-17-7-5-14(6-8-17,13(15)21)16-12(20)9-3-2-4-10(18)11(9)19/h2-4,18-19H,5-8H2,1H3,(H2,15,21)(H,16,20). The zero-order valence-electron chi connectivity index (χ0n) is 11.8. The van der Waals surface area contributed by atoms with Crippen LogP contribution in [0.3, 0.4) is 0 Å². The Morgan fingerprint density at radius 3 is 2.57 bits per heavy atom. The molecular formula is C14H19N3O3S. The van der Waals surface area contributed by atoms with Crippen LogP contribution in [-0.4, -0.2) is 51.7 Å². The summed E-state index contributed by atoms with van der Waals surface area (Å²) in [6, 6.07) is 4.24. The van der Waals surface area contributed by atoms with E-state index in [0.29, 0.717) is 12.8 Å². The van der Waals surface area contributed by atoms with Crippen LogP contribution < -0.4 is 11.1 Å². The van der Waals surface area contributed by atoms with E-state index in [0.717, 1.165) is 13.1 Å². The zero-order valence-corrected chi connectivity index (χ0v) is 12.6. The molecule has 0 spiro atoms. The summed E-state index contributed by atoms with van der Waals surface area (Å²) in [6.07, 6.45) is 1.23. The highest BCUT2D eigenvalue weighted by Gasteiger charge is 2.38. The van der Waals surface area contributed by atoms with Gasteiger partial charge in [0.1, 0.15) is 0 Å². The number of piperidine rings is 1. The van der Waals surface area contributed by atoms with Gasteiger partial charge in [-0.1, -0.05) is 18.3 Å². The van der Waals surface area contributed by atoms with E-state index in [1.165, 1.54) is 18.2 Å². The summed E-state index contributed by atoms with van der Waals surface area (Å²) >= 11 is 5.13. The fraction of sp³-hybridized carbons (Fsp3) is 0.429. The highest BCUT2D eigenvalue weighted by atomic mass is 32.1. The predicted octanol–water partition coefficient (Wildman–Crippen LogP) is 0.578. The van der Waals surface area contributed by atoms with Crippen LogP contribution in [0, 0.1) is 0 Å². The third kappa shape index (κ3) is 3.08. The Morgan fingerprint density at radius 2 is 2.00 bits per heavy atom. The molecule has 0 unspecified atom stereocenters. The van der Waals surface area contributed by atoms with Crippen molar-refractivity contribution >= 4 is 23.1 Å². The zero-order chi connectivity index (χ0) is 15.6.